The van der Waals surface area contributed by atoms with Crippen LogP contribution in [0.2, 0.25) is 0 Å². The highest BCUT2D eigenvalue weighted by Crippen LogP contribution is 2.44. The number of nitrogen functional groups attached to an aromatic ring is 1. The Balaban J connectivity index is 1.63. The van der Waals surface area contributed by atoms with Crippen molar-refractivity contribution in [3.05, 3.63) is 63.7 Å². The standard InChI is InChI=1S/C23H22F3N5O3/c24-13-6-14(13)31-9-12(23(33)34)22(32)15-19(28)16(25)21(17(26)20(15)31)30-5-3-11(8-30)18(27)10-2-1-4-29-7-10/h1-2,4,7,9,11,13-14,18H,3,5-6,8,27-28H2,(H,33,34)/t11?,13-,14+,18-/m0/s1. The predicted molar refractivity (Wildman–Crippen MR) is 120 cm³/mol. The number of hydrogen-bond acceptors (Lipinski definition) is 6. The molecule has 1 saturated carbocycles. The fourth-order valence-corrected chi connectivity index (χ4v) is 4.81. The van der Waals surface area contributed by atoms with Crippen molar-refractivity contribution in [2.45, 2.75) is 31.1 Å². The molecule has 5 N–H and O–H groups in total. The molecule has 1 unspecified atom stereocenters. The summed E-state index contributed by atoms with van der Waals surface area (Å²) in [6.07, 6.45) is 3.41. The molecule has 2 aromatic heterocycles. The molecular formula is C23H22F3N5O3. The van der Waals surface area contributed by atoms with Gasteiger partial charge in [0.1, 0.15) is 17.4 Å². The van der Waals surface area contributed by atoms with E-state index >= 15 is 8.78 Å². The monoisotopic (exact) mass is 473 g/mol. The number of aromatic carboxylic acids is 1. The first kappa shape index (κ1) is 22.2. The van der Waals surface area contributed by atoms with E-state index in [0.717, 1.165) is 16.3 Å². The van der Waals surface area contributed by atoms with Gasteiger partial charge in [-0.1, -0.05) is 6.07 Å². The van der Waals surface area contributed by atoms with Gasteiger partial charge in [-0.2, -0.15) is 0 Å². The number of carboxylic acids is 1. The normalized spacial score (nSPS) is 22.8. The predicted octanol–water partition coefficient (Wildman–Crippen LogP) is 2.76. The Labute approximate surface area is 191 Å². The smallest absolute Gasteiger partial charge is 0.341 e. The van der Waals surface area contributed by atoms with Gasteiger partial charge in [0.15, 0.2) is 11.6 Å². The van der Waals surface area contributed by atoms with Crippen LogP contribution >= 0.6 is 0 Å². The molecule has 34 heavy (non-hydrogen) atoms. The number of anilines is 2. The van der Waals surface area contributed by atoms with Gasteiger partial charge < -0.3 is 26.0 Å². The highest BCUT2D eigenvalue weighted by molar-refractivity contribution is 5.99. The summed E-state index contributed by atoms with van der Waals surface area (Å²) in [6.45, 7) is 0.505. The van der Waals surface area contributed by atoms with Crippen molar-refractivity contribution in [1.29, 1.82) is 0 Å². The second-order valence-corrected chi connectivity index (χ2v) is 8.82. The maximum Gasteiger partial charge on any atom is 0.341 e. The lowest BCUT2D eigenvalue weighted by Crippen LogP contribution is -2.28. The zero-order chi connectivity index (χ0) is 24.3. The van der Waals surface area contributed by atoms with Crippen LogP contribution in [0.15, 0.2) is 35.5 Å². The highest BCUT2D eigenvalue weighted by Gasteiger charge is 2.42. The van der Waals surface area contributed by atoms with Crippen molar-refractivity contribution >= 4 is 28.2 Å². The second kappa shape index (κ2) is 8.01. The number of fused-ring (bicyclic) bond motifs is 1. The fraction of sp³-hybridized carbons (Fsp3) is 0.348. The molecule has 0 bridgehead atoms. The van der Waals surface area contributed by atoms with E-state index in [9.17, 15) is 19.1 Å². The van der Waals surface area contributed by atoms with Crippen LogP contribution in [0.1, 0.15) is 40.8 Å². The SMILES string of the molecule is Nc1c(F)c(N2CCC([C@@H](N)c3cccnc3)C2)c(F)c2c1c(=O)c(C(=O)O)cn2[C@@H]1C[C@@H]1F. The summed E-state index contributed by atoms with van der Waals surface area (Å²) < 4.78 is 46.3. The molecule has 4 atom stereocenters. The van der Waals surface area contributed by atoms with Crippen LogP contribution in [0.3, 0.4) is 0 Å². The lowest BCUT2D eigenvalue weighted by Gasteiger charge is -2.25. The summed E-state index contributed by atoms with van der Waals surface area (Å²) in [5.41, 5.74) is 9.77. The fourth-order valence-electron chi connectivity index (χ4n) is 4.81. The Morgan fingerprint density at radius 1 is 1.29 bits per heavy atom. The number of hydrogen-bond donors (Lipinski definition) is 3. The van der Waals surface area contributed by atoms with Gasteiger partial charge in [0.05, 0.1) is 22.6 Å². The maximum absolute atomic E-state index is 15.9. The van der Waals surface area contributed by atoms with E-state index in [1.807, 2.05) is 6.07 Å². The van der Waals surface area contributed by atoms with Crippen LogP contribution in [0.4, 0.5) is 24.5 Å². The van der Waals surface area contributed by atoms with E-state index in [2.05, 4.69) is 4.98 Å². The zero-order valence-electron chi connectivity index (χ0n) is 17.9. The minimum absolute atomic E-state index is 0.0227. The molecule has 1 saturated heterocycles. The van der Waals surface area contributed by atoms with E-state index in [-0.39, 0.29) is 25.4 Å². The van der Waals surface area contributed by atoms with Crippen LogP contribution in [0.25, 0.3) is 10.9 Å². The van der Waals surface area contributed by atoms with Crippen molar-refractivity contribution in [1.82, 2.24) is 9.55 Å². The van der Waals surface area contributed by atoms with Crippen LogP contribution in [0, 0.1) is 17.6 Å². The first-order valence-corrected chi connectivity index (χ1v) is 10.8. The van der Waals surface area contributed by atoms with Crippen molar-refractivity contribution in [2.75, 3.05) is 23.7 Å². The number of rotatable bonds is 5. The molecule has 1 aromatic carbocycles. The molecule has 3 aromatic rings. The van der Waals surface area contributed by atoms with Crippen LogP contribution in [-0.2, 0) is 0 Å². The van der Waals surface area contributed by atoms with Crippen molar-refractivity contribution < 1.29 is 23.1 Å². The molecule has 2 aliphatic rings. The largest absolute Gasteiger partial charge is 0.477 e. The number of pyridine rings is 2. The Kier molecular flexibility index (Phi) is 5.23. The van der Waals surface area contributed by atoms with Gasteiger partial charge in [-0.3, -0.25) is 9.78 Å². The third kappa shape index (κ3) is 3.38. The van der Waals surface area contributed by atoms with Crippen LogP contribution in [-0.4, -0.2) is 39.9 Å². The number of carboxylic acid groups (broad SMARTS) is 1. The first-order valence-electron chi connectivity index (χ1n) is 10.8. The number of alkyl halides is 1. The van der Waals surface area contributed by atoms with Crippen molar-refractivity contribution in [3.8, 4) is 0 Å². The van der Waals surface area contributed by atoms with Gasteiger partial charge >= 0.3 is 5.97 Å². The number of carbonyl (C=O) groups is 1. The molecule has 3 heterocycles. The summed E-state index contributed by atoms with van der Waals surface area (Å²) in [4.78, 5) is 29.9. The average molecular weight is 473 g/mol. The van der Waals surface area contributed by atoms with E-state index < -0.39 is 69.1 Å². The molecule has 11 heteroatoms. The molecule has 1 aliphatic carbocycles. The molecule has 5 rings (SSSR count). The number of nitrogens with zero attached hydrogens (tertiary/aromatic N) is 3. The summed E-state index contributed by atoms with van der Waals surface area (Å²) in [5, 5.41) is 8.79. The molecule has 8 nitrogen and oxygen atoms in total. The molecule has 1 aliphatic heterocycles. The quantitative estimate of drug-likeness (QED) is 0.486. The Morgan fingerprint density at radius 2 is 2.03 bits per heavy atom. The highest BCUT2D eigenvalue weighted by atomic mass is 19.1. The van der Waals surface area contributed by atoms with Gasteiger partial charge in [-0.25, -0.2) is 18.0 Å². The van der Waals surface area contributed by atoms with Gasteiger partial charge in [-0.05, 0) is 24.0 Å². The van der Waals surface area contributed by atoms with E-state index in [1.54, 1.807) is 18.5 Å². The van der Waals surface area contributed by atoms with E-state index in [4.69, 9.17) is 11.5 Å². The van der Waals surface area contributed by atoms with Gasteiger partial charge in [0.25, 0.3) is 0 Å². The second-order valence-electron chi connectivity index (χ2n) is 8.82. The molecule has 0 radical (unpaired) electrons. The summed E-state index contributed by atoms with van der Waals surface area (Å²) >= 11 is 0. The van der Waals surface area contributed by atoms with Crippen molar-refractivity contribution in [3.63, 3.8) is 0 Å². The van der Waals surface area contributed by atoms with Gasteiger partial charge in [0, 0.05) is 44.1 Å². The lowest BCUT2D eigenvalue weighted by molar-refractivity contribution is 0.0694. The number of nitrogens with two attached hydrogens (primary N) is 2. The minimum atomic E-state index is -1.59. The first-order chi connectivity index (χ1) is 16.2. The van der Waals surface area contributed by atoms with Gasteiger partial charge in [-0.15, -0.1) is 0 Å². The van der Waals surface area contributed by atoms with Crippen molar-refractivity contribution in [2.24, 2.45) is 11.7 Å². The third-order valence-corrected chi connectivity index (χ3v) is 6.75. The number of benzene rings is 1. The third-order valence-electron chi connectivity index (χ3n) is 6.75. The number of aromatic nitrogens is 2. The molecule has 0 amide bonds. The summed E-state index contributed by atoms with van der Waals surface area (Å²) in [6, 6.07) is 2.32. The molecule has 2 fully saturated rings. The van der Waals surface area contributed by atoms with E-state index in [0.29, 0.717) is 6.42 Å². The maximum atomic E-state index is 15.9. The molecular weight excluding hydrogens is 451 g/mol. The molecule has 0 spiro atoms. The van der Waals surface area contributed by atoms with Crippen LogP contribution in [0.5, 0.6) is 0 Å². The Morgan fingerprint density at radius 3 is 2.65 bits per heavy atom. The Hall–Kier alpha value is -3.60. The average Bonchev–Trinajstić information content (AvgIpc) is 3.35. The summed E-state index contributed by atoms with van der Waals surface area (Å²) in [7, 11) is 0. The van der Waals surface area contributed by atoms with Gasteiger partial charge in [0.2, 0.25) is 5.43 Å². The topological polar surface area (TPSA) is 127 Å². The van der Waals surface area contributed by atoms with E-state index in [1.165, 1.54) is 4.90 Å². The number of halogens is 3. The summed E-state index contributed by atoms with van der Waals surface area (Å²) in [5.74, 6) is -3.95. The van der Waals surface area contributed by atoms with Crippen LogP contribution < -0.4 is 21.8 Å². The molecule has 178 valence electrons. The lowest BCUT2D eigenvalue weighted by atomic mass is 9.94. The Bertz CT molecular complexity index is 1360. The minimum Gasteiger partial charge on any atom is -0.477 e. The zero-order valence-corrected chi connectivity index (χ0v) is 17.9.